The van der Waals surface area contributed by atoms with Crippen molar-refractivity contribution in [2.75, 3.05) is 0 Å². The number of aryl methyl sites for hydroxylation is 1. The van der Waals surface area contributed by atoms with E-state index in [1.165, 1.54) is 10.9 Å². The lowest BCUT2D eigenvalue weighted by atomic mass is 10.2. The molecule has 84 valence electrons. The first-order valence-corrected chi connectivity index (χ1v) is 6.44. The van der Waals surface area contributed by atoms with E-state index in [0.717, 1.165) is 0 Å². The molecule has 0 aliphatic heterocycles. The maximum atomic E-state index is 11.3. The van der Waals surface area contributed by atoms with Crippen molar-refractivity contribution in [1.29, 1.82) is 0 Å². The van der Waals surface area contributed by atoms with Gasteiger partial charge in [0.2, 0.25) is 6.20 Å². The maximum Gasteiger partial charge on any atom is 0.208 e. The number of rotatable bonds is 2. The Morgan fingerprint density at radius 1 is 1.50 bits per heavy atom. The van der Waals surface area contributed by atoms with E-state index in [0.29, 0.717) is 17.4 Å². The van der Waals surface area contributed by atoms with Crippen LogP contribution in [0.3, 0.4) is 0 Å². The standard InChI is InChI=1S/C10H11N2O3P/c1-2-12-7-10(16(13,14)15)8-5-3-4-6-9(8)11-12/h3-7H,2H2,1H3,(H-,13,14,15). The van der Waals surface area contributed by atoms with Crippen molar-refractivity contribution in [3.05, 3.63) is 30.5 Å². The van der Waals surface area contributed by atoms with E-state index in [1.807, 2.05) is 6.92 Å². The van der Waals surface area contributed by atoms with Gasteiger partial charge in [-0.1, -0.05) is 22.9 Å². The summed E-state index contributed by atoms with van der Waals surface area (Å²) in [4.78, 5) is 20.4. The van der Waals surface area contributed by atoms with E-state index in [2.05, 4.69) is 5.10 Å². The summed E-state index contributed by atoms with van der Waals surface area (Å²) in [6.45, 7) is 2.39. The molecule has 5 nitrogen and oxygen atoms in total. The average Bonchev–Trinajstić information content (AvgIpc) is 2.26. The first-order chi connectivity index (χ1) is 7.52. The summed E-state index contributed by atoms with van der Waals surface area (Å²) in [5, 5.41) is 4.57. The second-order valence-electron chi connectivity index (χ2n) is 3.41. The Hall–Kier alpha value is -1.29. The highest BCUT2D eigenvalue weighted by atomic mass is 31.2. The Kier molecular flexibility index (Phi) is 2.76. The fraction of sp³-hybridized carbons (Fsp3) is 0.200. The molecule has 1 N–H and O–H groups in total. The molecule has 0 bridgehead atoms. The molecule has 2 rings (SSSR count). The summed E-state index contributed by atoms with van der Waals surface area (Å²) in [6, 6.07) is 6.81. The van der Waals surface area contributed by atoms with Crippen molar-refractivity contribution in [1.82, 2.24) is 5.10 Å². The Morgan fingerprint density at radius 3 is 2.81 bits per heavy atom. The molecule has 1 aromatic heterocycles. The number of nitrogens with zero attached hydrogens (tertiary/aromatic N) is 2. The molecule has 0 aliphatic rings. The van der Waals surface area contributed by atoms with E-state index < -0.39 is 7.60 Å². The lowest BCUT2D eigenvalue weighted by Crippen LogP contribution is -2.40. The summed E-state index contributed by atoms with van der Waals surface area (Å²) >= 11 is 0. The van der Waals surface area contributed by atoms with Gasteiger partial charge in [-0.25, -0.2) is 0 Å². The van der Waals surface area contributed by atoms with Crippen LogP contribution in [-0.2, 0) is 11.1 Å². The normalized spacial score (nSPS) is 14.9. The van der Waals surface area contributed by atoms with E-state index in [4.69, 9.17) is 4.89 Å². The lowest BCUT2D eigenvalue weighted by Gasteiger charge is -2.15. The van der Waals surface area contributed by atoms with Crippen LogP contribution in [0.4, 0.5) is 0 Å². The zero-order chi connectivity index (χ0) is 11.8. The van der Waals surface area contributed by atoms with Crippen LogP contribution in [0.1, 0.15) is 6.92 Å². The molecule has 0 saturated heterocycles. The maximum absolute atomic E-state index is 11.3. The molecule has 16 heavy (non-hydrogen) atoms. The monoisotopic (exact) mass is 238 g/mol. The summed E-state index contributed by atoms with van der Waals surface area (Å²) < 4.78 is 12.7. The highest BCUT2D eigenvalue weighted by molar-refractivity contribution is 7.59. The number of hydrogen-bond donors (Lipinski definition) is 1. The summed E-state index contributed by atoms with van der Waals surface area (Å²) in [7, 11) is -4.51. The second-order valence-corrected chi connectivity index (χ2v) is 4.93. The minimum Gasteiger partial charge on any atom is -0.775 e. The van der Waals surface area contributed by atoms with Gasteiger partial charge in [-0.05, 0) is 13.0 Å². The van der Waals surface area contributed by atoms with Gasteiger partial charge < -0.3 is 14.4 Å². The van der Waals surface area contributed by atoms with E-state index in [1.54, 1.807) is 24.3 Å². The predicted octanol–water partition coefficient (Wildman–Crippen LogP) is -0.287. The van der Waals surface area contributed by atoms with Crippen molar-refractivity contribution in [2.24, 2.45) is 0 Å². The van der Waals surface area contributed by atoms with Crippen LogP contribution in [0.15, 0.2) is 30.5 Å². The summed E-state index contributed by atoms with van der Waals surface area (Å²) in [5.74, 6) is 0. The van der Waals surface area contributed by atoms with E-state index in [-0.39, 0.29) is 5.30 Å². The molecule has 1 heterocycles. The van der Waals surface area contributed by atoms with Crippen LogP contribution >= 0.6 is 7.60 Å². The summed E-state index contributed by atoms with van der Waals surface area (Å²) in [6.07, 6.45) is 1.34. The fourth-order valence-corrected chi connectivity index (χ4v) is 2.32. The first-order valence-electron chi connectivity index (χ1n) is 4.86. The molecule has 0 radical (unpaired) electrons. The zero-order valence-electron chi connectivity index (χ0n) is 8.70. The highest BCUT2D eigenvalue weighted by Crippen LogP contribution is 2.30. The Bertz CT molecular complexity index is 579. The largest absolute Gasteiger partial charge is 0.775 e. The third kappa shape index (κ3) is 1.97. The van der Waals surface area contributed by atoms with E-state index >= 15 is 0 Å². The van der Waals surface area contributed by atoms with Gasteiger partial charge in [-0.3, -0.25) is 0 Å². The van der Waals surface area contributed by atoms with Crippen LogP contribution in [0.2, 0.25) is 0 Å². The highest BCUT2D eigenvalue weighted by Gasteiger charge is 2.17. The minimum absolute atomic E-state index is 0.0834. The molecule has 0 fully saturated rings. The molecule has 0 spiro atoms. The predicted molar refractivity (Wildman–Crippen MR) is 57.1 cm³/mol. The number of hydrogen-bond acceptors (Lipinski definition) is 3. The van der Waals surface area contributed by atoms with Crippen molar-refractivity contribution in [3.8, 4) is 0 Å². The van der Waals surface area contributed by atoms with Crippen LogP contribution in [0, 0.1) is 0 Å². The van der Waals surface area contributed by atoms with Crippen LogP contribution < -0.4 is 14.9 Å². The molecule has 2 aromatic rings. The molecule has 0 amide bonds. The van der Waals surface area contributed by atoms with Gasteiger partial charge in [0, 0.05) is 10.5 Å². The molecule has 0 saturated carbocycles. The molecule has 1 aromatic carbocycles. The average molecular weight is 238 g/mol. The van der Waals surface area contributed by atoms with Crippen molar-refractivity contribution in [3.63, 3.8) is 0 Å². The van der Waals surface area contributed by atoms with Gasteiger partial charge >= 0.3 is 0 Å². The van der Waals surface area contributed by atoms with Crippen molar-refractivity contribution >= 4 is 23.8 Å². The smallest absolute Gasteiger partial charge is 0.208 e. The van der Waals surface area contributed by atoms with Crippen LogP contribution in [0.5, 0.6) is 0 Å². The molecular weight excluding hydrogens is 227 g/mol. The molecule has 1 unspecified atom stereocenters. The van der Waals surface area contributed by atoms with E-state index in [9.17, 15) is 9.46 Å². The van der Waals surface area contributed by atoms with Gasteiger partial charge in [0.05, 0.1) is 5.30 Å². The molecular formula is C10H11N2O3P. The molecule has 0 aliphatic carbocycles. The summed E-state index contributed by atoms with van der Waals surface area (Å²) in [5.41, 5.74) is 0.548. The number of aromatic nitrogens is 2. The van der Waals surface area contributed by atoms with Crippen molar-refractivity contribution < 1.29 is 19.0 Å². The van der Waals surface area contributed by atoms with Crippen LogP contribution in [-0.4, -0.2) is 9.99 Å². The van der Waals surface area contributed by atoms with Crippen molar-refractivity contribution in [2.45, 2.75) is 13.5 Å². The fourth-order valence-electron chi connectivity index (χ4n) is 1.54. The first kappa shape index (κ1) is 11.2. The Balaban J connectivity index is 2.84. The minimum atomic E-state index is -4.51. The third-order valence-electron chi connectivity index (χ3n) is 2.32. The van der Waals surface area contributed by atoms with Gasteiger partial charge in [0.1, 0.15) is 5.52 Å². The topological polar surface area (TPSA) is 77.1 Å². The Morgan fingerprint density at radius 2 is 2.19 bits per heavy atom. The second kappa shape index (κ2) is 3.94. The third-order valence-corrected chi connectivity index (χ3v) is 3.28. The number of benzene rings is 1. The van der Waals surface area contributed by atoms with Gasteiger partial charge in [0.25, 0.3) is 0 Å². The van der Waals surface area contributed by atoms with Gasteiger partial charge in [-0.15, -0.1) is 0 Å². The quantitative estimate of drug-likeness (QED) is 0.576. The lowest BCUT2D eigenvalue weighted by molar-refractivity contribution is -0.747. The zero-order valence-corrected chi connectivity index (χ0v) is 9.59. The van der Waals surface area contributed by atoms with Crippen LogP contribution in [0.25, 0.3) is 10.9 Å². The van der Waals surface area contributed by atoms with Gasteiger partial charge in [0.15, 0.2) is 14.1 Å². The van der Waals surface area contributed by atoms with Gasteiger partial charge in [-0.2, -0.15) is 0 Å². The molecule has 1 atom stereocenters. The SMILES string of the molecule is CC[n+]1cc(P(=O)([O-])O)c2ccccc2n1. The Labute approximate surface area is 92.5 Å². The number of fused-ring (bicyclic) bond motifs is 1. The molecule has 6 heteroatoms.